The third-order valence-corrected chi connectivity index (χ3v) is 5.85. The van der Waals surface area contributed by atoms with Crippen molar-refractivity contribution in [2.45, 2.75) is 73.6 Å². The van der Waals surface area contributed by atoms with Crippen LogP contribution in [-0.2, 0) is 4.79 Å². The van der Waals surface area contributed by atoms with Crippen molar-refractivity contribution in [1.82, 2.24) is 9.80 Å². The molecule has 23 heavy (non-hydrogen) atoms. The van der Waals surface area contributed by atoms with Gasteiger partial charge in [0.15, 0.2) is 0 Å². The van der Waals surface area contributed by atoms with Crippen molar-refractivity contribution < 1.29 is 4.79 Å². The minimum Gasteiger partial charge on any atom is -0.342 e. The lowest BCUT2D eigenvalue weighted by Crippen LogP contribution is -2.50. The Balaban J connectivity index is 1.79. The van der Waals surface area contributed by atoms with E-state index in [9.17, 15) is 4.79 Å². The third kappa shape index (κ3) is 5.20. The van der Waals surface area contributed by atoms with Crippen LogP contribution in [-0.4, -0.2) is 48.4 Å². The van der Waals surface area contributed by atoms with E-state index in [0.29, 0.717) is 16.7 Å². The van der Waals surface area contributed by atoms with E-state index >= 15 is 0 Å². The van der Waals surface area contributed by atoms with Gasteiger partial charge >= 0.3 is 0 Å². The molecule has 0 aromatic rings. The molecule has 0 radical (unpaired) electrons. The fourth-order valence-electron chi connectivity index (χ4n) is 3.90. The van der Waals surface area contributed by atoms with Crippen LogP contribution in [0.3, 0.4) is 0 Å². The molecule has 0 bridgehead atoms. The van der Waals surface area contributed by atoms with Crippen molar-refractivity contribution >= 4 is 5.91 Å². The molecule has 134 valence electrons. The molecule has 0 saturated carbocycles. The van der Waals surface area contributed by atoms with Gasteiger partial charge in [-0.25, -0.2) is 0 Å². The zero-order valence-corrected chi connectivity index (χ0v) is 16.4. The van der Waals surface area contributed by atoms with Crippen LogP contribution < -0.4 is 0 Å². The number of carbonyl (C=O) groups is 1. The largest absolute Gasteiger partial charge is 0.342 e. The number of hydrogen-bond donors (Lipinski definition) is 0. The molecule has 0 N–H and O–H groups in total. The smallest absolute Gasteiger partial charge is 0.227 e. The molecule has 0 aliphatic carbocycles. The van der Waals surface area contributed by atoms with Crippen molar-refractivity contribution in [2.75, 3.05) is 32.7 Å². The highest BCUT2D eigenvalue weighted by Crippen LogP contribution is 2.42. The molecular weight excluding hydrogens is 284 g/mol. The Morgan fingerprint density at radius 3 is 1.78 bits per heavy atom. The highest BCUT2D eigenvalue weighted by atomic mass is 16.2. The van der Waals surface area contributed by atoms with Crippen LogP contribution in [0.4, 0.5) is 0 Å². The molecule has 2 saturated heterocycles. The molecule has 0 aromatic carbocycles. The predicted octanol–water partition coefficient (Wildman–Crippen LogP) is 4.17. The lowest BCUT2D eigenvalue weighted by Gasteiger charge is -2.48. The summed E-state index contributed by atoms with van der Waals surface area (Å²) in [7, 11) is 0. The quantitative estimate of drug-likeness (QED) is 0.761. The zero-order valence-electron chi connectivity index (χ0n) is 16.4. The molecule has 1 amide bonds. The number of likely N-dealkylation sites (tertiary alicyclic amines) is 2. The van der Waals surface area contributed by atoms with Crippen LogP contribution in [0.2, 0.25) is 0 Å². The summed E-state index contributed by atoms with van der Waals surface area (Å²) in [6.07, 6.45) is 6.36. The first-order valence-corrected chi connectivity index (χ1v) is 9.53. The summed E-state index contributed by atoms with van der Waals surface area (Å²) in [5.74, 6) is 0.329. The third-order valence-electron chi connectivity index (χ3n) is 5.85. The molecule has 0 atom stereocenters. The van der Waals surface area contributed by atoms with E-state index in [1.807, 2.05) is 20.8 Å². The van der Waals surface area contributed by atoms with E-state index in [4.69, 9.17) is 0 Å². The van der Waals surface area contributed by atoms with E-state index < -0.39 is 0 Å². The number of nitrogens with zero attached hydrogens (tertiary/aromatic N) is 2. The maximum atomic E-state index is 12.4. The minimum absolute atomic E-state index is 0.235. The molecule has 2 rings (SSSR count). The van der Waals surface area contributed by atoms with Crippen LogP contribution in [0.1, 0.15) is 73.6 Å². The molecule has 3 heteroatoms. The maximum Gasteiger partial charge on any atom is 0.227 e. The van der Waals surface area contributed by atoms with Crippen molar-refractivity contribution in [1.29, 1.82) is 0 Å². The summed E-state index contributed by atoms with van der Waals surface area (Å²) in [5, 5.41) is 0. The van der Waals surface area contributed by atoms with Crippen molar-refractivity contribution in [2.24, 2.45) is 16.2 Å². The SMILES string of the molecule is CC(C)(C)CCN1CCC2(CC1)CCN(C(=O)C(C)(C)C)CC2. The Morgan fingerprint density at radius 1 is 0.870 bits per heavy atom. The molecule has 3 nitrogen and oxygen atoms in total. The molecule has 2 aliphatic rings. The summed E-state index contributed by atoms with van der Waals surface area (Å²) < 4.78 is 0. The Bertz CT molecular complexity index is 398. The van der Waals surface area contributed by atoms with Crippen LogP contribution in [0.5, 0.6) is 0 Å². The Kier molecular flexibility index (Phi) is 5.50. The number of hydrogen-bond acceptors (Lipinski definition) is 2. The average Bonchev–Trinajstić information content (AvgIpc) is 2.45. The standard InChI is InChI=1S/C20H38N2O/c1-18(2,3)7-12-21-13-8-20(9-14-21)10-15-22(16-11-20)17(23)19(4,5)6/h7-16H2,1-6H3. The van der Waals surface area contributed by atoms with Gasteiger partial charge in [0.2, 0.25) is 5.91 Å². The van der Waals surface area contributed by atoms with Gasteiger partial charge in [-0.05, 0) is 62.6 Å². The first kappa shape index (κ1) is 18.8. The highest BCUT2D eigenvalue weighted by molar-refractivity contribution is 5.81. The van der Waals surface area contributed by atoms with Crippen LogP contribution in [0.15, 0.2) is 0 Å². The summed E-state index contributed by atoms with van der Waals surface area (Å²) in [6, 6.07) is 0. The molecule has 1 spiro atoms. The van der Waals surface area contributed by atoms with Gasteiger partial charge in [-0.15, -0.1) is 0 Å². The first-order valence-electron chi connectivity index (χ1n) is 9.53. The fourth-order valence-corrected chi connectivity index (χ4v) is 3.90. The second-order valence-electron chi connectivity index (χ2n) is 10.2. The summed E-state index contributed by atoms with van der Waals surface area (Å²) in [6.45, 7) is 18.8. The van der Waals surface area contributed by atoms with E-state index in [1.165, 1.54) is 51.7 Å². The Labute approximate surface area is 143 Å². The lowest BCUT2D eigenvalue weighted by molar-refractivity contribution is -0.142. The Hall–Kier alpha value is -0.570. The van der Waals surface area contributed by atoms with Gasteiger partial charge in [0.25, 0.3) is 0 Å². The second kappa shape index (κ2) is 6.74. The summed E-state index contributed by atoms with van der Waals surface area (Å²) >= 11 is 0. The van der Waals surface area contributed by atoms with E-state index in [2.05, 4.69) is 30.6 Å². The van der Waals surface area contributed by atoms with Gasteiger partial charge in [0.1, 0.15) is 0 Å². The minimum atomic E-state index is -0.235. The normalized spacial score (nSPS) is 23.3. The van der Waals surface area contributed by atoms with Gasteiger partial charge in [0, 0.05) is 18.5 Å². The summed E-state index contributed by atoms with van der Waals surface area (Å²) in [4.78, 5) is 17.2. The summed E-state index contributed by atoms with van der Waals surface area (Å²) in [5.41, 5.74) is 0.724. The van der Waals surface area contributed by atoms with Crippen LogP contribution >= 0.6 is 0 Å². The number of carbonyl (C=O) groups excluding carboxylic acids is 1. The topological polar surface area (TPSA) is 23.6 Å². The van der Waals surface area contributed by atoms with Gasteiger partial charge in [-0.2, -0.15) is 0 Å². The van der Waals surface area contributed by atoms with Crippen LogP contribution in [0.25, 0.3) is 0 Å². The monoisotopic (exact) mass is 322 g/mol. The predicted molar refractivity (Wildman–Crippen MR) is 97.4 cm³/mol. The van der Waals surface area contributed by atoms with Crippen molar-refractivity contribution in [3.05, 3.63) is 0 Å². The van der Waals surface area contributed by atoms with Crippen molar-refractivity contribution in [3.8, 4) is 0 Å². The maximum absolute atomic E-state index is 12.4. The molecule has 0 unspecified atom stereocenters. The zero-order chi connectivity index (χ0) is 17.3. The average molecular weight is 323 g/mol. The molecule has 0 aromatic heterocycles. The fraction of sp³-hybridized carbons (Fsp3) is 0.950. The second-order valence-corrected chi connectivity index (χ2v) is 10.2. The molecule has 2 aliphatic heterocycles. The van der Waals surface area contributed by atoms with E-state index in [1.54, 1.807) is 0 Å². The molecule has 2 heterocycles. The Morgan fingerprint density at radius 2 is 1.35 bits per heavy atom. The van der Waals surface area contributed by atoms with Crippen molar-refractivity contribution in [3.63, 3.8) is 0 Å². The van der Waals surface area contributed by atoms with E-state index in [0.717, 1.165) is 13.1 Å². The molecular formula is C20H38N2O. The van der Waals surface area contributed by atoms with Gasteiger partial charge < -0.3 is 9.80 Å². The van der Waals surface area contributed by atoms with Crippen LogP contribution in [0, 0.1) is 16.2 Å². The number of piperidine rings is 2. The molecule has 2 fully saturated rings. The number of rotatable bonds is 2. The number of amides is 1. The van der Waals surface area contributed by atoms with Gasteiger partial charge in [0.05, 0.1) is 0 Å². The highest BCUT2D eigenvalue weighted by Gasteiger charge is 2.40. The van der Waals surface area contributed by atoms with Gasteiger partial charge in [-0.1, -0.05) is 41.5 Å². The lowest BCUT2D eigenvalue weighted by atomic mass is 9.71. The van der Waals surface area contributed by atoms with E-state index in [-0.39, 0.29) is 5.41 Å². The first-order chi connectivity index (χ1) is 10.5. The van der Waals surface area contributed by atoms with Gasteiger partial charge in [-0.3, -0.25) is 4.79 Å².